The summed E-state index contributed by atoms with van der Waals surface area (Å²) in [6, 6.07) is -9.00. The van der Waals surface area contributed by atoms with Crippen LogP contribution in [0, 0.1) is 0 Å². The van der Waals surface area contributed by atoms with E-state index in [4.69, 9.17) is 11.1 Å². The molecule has 0 bridgehead atoms. The first-order valence-corrected chi connectivity index (χ1v) is 3.49. The van der Waals surface area contributed by atoms with E-state index in [9.17, 15) is 18.0 Å². The molecular weight excluding hydrogens is 209 g/mol. The summed E-state index contributed by atoms with van der Waals surface area (Å²) >= 11 is 0. The molecule has 3 nitrogen and oxygen atoms in total. The quantitative estimate of drug-likeness (QED) is 0.812. The Bertz CT molecular complexity index is 624. The van der Waals surface area contributed by atoms with Crippen LogP contribution in [-0.4, -0.2) is 5.91 Å². The van der Waals surface area contributed by atoms with Crippen molar-refractivity contribution in [2.45, 2.75) is 12.2 Å². The zero-order valence-corrected chi connectivity index (χ0v) is 6.99. The highest BCUT2D eigenvalue weighted by atomic mass is 19.4. The first-order chi connectivity index (χ1) is 10.3. The first-order valence-electron chi connectivity index (χ1n) is 7.39. The molecule has 0 saturated carbocycles. The van der Waals surface area contributed by atoms with Crippen LogP contribution in [0.15, 0.2) is 24.2 Å². The normalized spacial score (nSPS) is 22.9. The maximum absolute atomic E-state index is 12.8. The van der Waals surface area contributed by atoms with Gasteiger partial charge in [0, 0.05) is 0 Å². The van der Waals surface area contributed by atoms with E-state index in [1.54, 1.807) is 0 Å². The van der Waals surface area contributed by atoms with Gasteiger partial charge in [0.15, 0.2) is 2.82 Å². The van der Waals surface area contributed by atoms with Gasteiger partial charge in [-0.3, -0.25) is 4.79 Å². The molecule has 82 valence electrons. The summed E-state index contributed by atoms with van der Waals surface area (Å²) in [5, 5.41) is 0. The third kappa shape index (κ3) is 2.69. The fourth-order valence-corrected chi connectivity index (χ4v) is 0.686. The van der Waals surface area contributed by atoms with E-state index in [0.717, 1.165) is 0 Å². The molecular formula is C9H9F3N2O. The van der Waals surface area contributed by atoms with Gasteiger partial charge in [0.2, 0.25) is 5.91 Å². The van der Waals surface area contributed by atoms with Gasteiger partial charge in [0.25, 0.3) is 0 Å². The van der Waals surface area contributed by atoms with Crippen molar-refractivity contribution in [3.8, 4) is 0 Å². The number of primary amides is 1. The Hall–Kier alpha value is -1.56. The van der Waals surface area contributed by atoms with Crippen molar-refractivity contribution in [3.63, 3.8) is 0 Å². The largest absolute Gasteiger partial charge is 0.416 e. The molecule has 0 aromatic heterocycles. The molecule has 1 aromatic carbocycles. The first kappa shape index (κ1) is 4.52. The fraction of sp³-hybridized carbons (Fsp3) is 0.222. The number of halogens is 3. The summed E-state index contributed by atoms with van der Waals surface area (Å²) in [5.41, 5.74) is -2.46. The summed E-state index contributed by atoms with van der Waals surface area (Å²) in [5.74, 6) is -1.80. The molecule has 0 radical (unpaired) electrons. The predicted molar refractivity (Wildman–Crippen MR) is 47.6 cm³/mol. The second-order valence-corrected chi connectivity index (χ2v) is 2.43. The number of alkyl halides is 3. The van der Waals surface area contributed by atoms with Crippen molar-refractivity contribution >= 4 is 5.91 Å². The Kier molecular flexibility index (Phi) is 1.18. The summed E-state index contributed by atoms with van der Waals surface area (Å²) in [6.45, 7) is 0. The minimum Gasteiger partial charge on any atom is -0.368 e. The highest BCUT2D eigenvalue weighted by Crippen LogP contribution is 2.29. The predicted octanol–water partition coefficient (Wildman–Crippen LogP) is 1.19. The minimum absolute atomic E-state index is 0.654. The zero-order valence-electron chi connectivity index (χ0n) is 15.0. The summed E-state index contributed by atoms with van der Waals surface area (Å²) in [6.07, 6.45) is -5.21. The molecule has 0 fully saturated rings. The molecule has 1 atom stereocenters. The van der Waals surface area contributed by atoms with Gasteiger partial charge in [-0.2, -0.15) is 13.2 Å². The van der Waals surface area contributed by atoms with Crippen molar-refractivity contribution in [1.82, 2.24) is 0 Å². The van der Waals surface area contributed by atoms with Crippen LogP contribution in [0.2, 0.25) is 4.24 Å². The van der Waals surface area contributed by atoms with Crippen molar-refractivity contribution in [3.05, 3.63) is 35.3 Å². The Balaban J connectivity index is 3.85. The van der Waals surface area contributed by atoms with Crippen LogP contribution in [0.4, 0.5) is 13.2 Å². The fourth-order valence-electron chi connectivity index (χ4n) is 0.686. The van der Waals surface area contributed by atoms with E-state index in [-0.39, 0.29) is 0 Å². The van der Waals surface area contributed by atoms with Crippen LogP contribution in [-0.2, 0) is 11.0 Å². The molecule has 0 aliphatic carbocycles. The number of benzene rings is 1. The molecule has 0 aliphatic heterocycles. The smallest absolute Gasteiger partial charge is 0.368 e. The lowest BCUT2D eigenvalue weighted by Gasteiger charge is -2.10. The number of hydrogen-bond acceptors (Lipinski definition) is 2. The number of nitrogens with two attached hydrogens (primary N) is 2. The Labute approximate surface area is 95.3 Å². The number of rotatable bonds is 3. The molecule has 15 heavy (non-hydrogen) atoms. The van der Waals surface area contributed by atoms with Crippen molar-refractivity contribution in [2.24, 2.45) is 11.4 Å². The van der Waals surface area contributed by atoms with Crippen LogP contribution in [0.25, 0.3) is 0 Å². The van der Waals surface area contributed by atoms with E-state index in [1.807, 2.05) is 0 Å². The van der Waals surface area contributed by atoms with Gasteiger partial charge in [-0.05, 0) is 17.6 Å². The number of hydrogen-bond donors (Lipinski definition) is 2. The zero-order chi connectivity index (χ0) is 18.3. The van der Waals surface area contributed by atoms with Crippen molar-refractivity contribution < 1.29 is 29.1 Å². The Morgan fingerprint density at radius 1 is 1.47 bits per heavy atom. The van der Waals surface area contributed by atoms with Gasteiger partial charge in [-0.1, -0.05) is 12.1 Å². The van der Waals surface area contributed by atoms with Gasteiger partial charge >= 0.3 is 6.18 Å². The summed E-state index contributed by atoms with van der Waals surface area (Å²) in [7, 11) is 0. The van der Waals surface area contributed by atoms with E-state index in [0.29, 0.717) is 0 Å². The third-order valence-corrected chi connectivity index (χ3v) is 1.37. The van der Waals surface area contributed by atoms with Crippen molar-refractivity contribution in [2.75, 3.05) is 0 Å². The van der Waals surface area contributed by atoms with E-state index < -0.39 is 59.1 Å². The molecule has 1 unspecified atom stereocenters. The topological polar surface area (TPSA) is 69.1 Å². The summed E-state index contributed by atoms with van der Waals surface area (Å²) < 4.78 is 96.5. The number of carbonyl (C=O) groups excluding carboxylic acids is 1. The van der Waals surface area contributed by atoms with Gasteiger partial charge in [0.05, 0.1) is 12.4 Å². The minimum atomic E-state index is -5.21. The van der Waals surface area contributed by atoms with Crippen LogP contribution < -0.4 is 11.4 Å². The van der Waals surface area contributed by atoms with Gasteiger partial charge in [-0.25, -0.2) is 0 Å². The maximum atomic E-state index is 12.8. The van der Waals surface area contributed by atoms with Crippen LogP contribution in [0.1, 0.15) is 24.0 Å². The van der Waals surface area contributed by atoms with Gasteiger partial charge in [0.1, 0.15) is 7.43 Å². The maximum Gasteiger partial charge on any atom is 0.416 e. The average molecular weight is 226 g/mol. The van der Waals surface area contributed by atoms with Crippen molar-refractivity contribution in [1.29, 1.82) is 0 Å². The lowest BCUT2D eigenvalue weighted by atomic mass is 10.1. The molecule has 0 heterocycles. The number of carbonyl (C=O) groups is 1. The van der Waals surface area contributed by atoms with E-state index in [2.05, 4.69) is 0 Å². The van der Waals surface area contributed by atoms with Crippen LogP contribution in [0.5, 0.6) is 0 Å². The SMILES string of the molecule is [2H]NC([2H])(C(=O)N([2H])[2H])c1c([2H])c([2H])c(C(F)(F)F)c([2H])c1[2H]. The second-order valence-electron chi connectivity index (χ2n) is 2.43. The molecule has 0 spiro atoms. The Morgan fingerprint density at radius 3 is 2.47 bits per heavy atom. The molecule has 4 N–H and O–H groups in total. The molecule has 0 saturated heterocycles. The second kappa shape index (κ2) is 3.90. The molecule has 1 aromatic rings. The van der Waals surface area contributed by atoms with E-state index >= 15 is 0 Å². The standard InChI is InChI=1S/C9H9F3N2O/c10-9(11,12)6-3-1-5(2-4-6)7(13)8(14)15/h1-4,7H,13H2,(H2,14,15)/i1D,2D,3D,4D,7D/hD3. The monoisotopic (exact) mass is 226 g/mol. The highest BCUT2D eigenvalue weighted by molar-refractivity contribution is 5.81. The van der Waals surface area contributed by atoms with Crippen LogP contribution in [0.3, 0.4) is 0 Å². The van der Waals surface area contributed by atoms with Gasteiger partial charge < -0.3 is 11.4 Å². The molecule has 1 amide bonds. The lowest BCUT2D eigenvalue weighted by Crippen LogP contribution is -2.28. The highest BCUT2D eigenvalue weighted by Gasteiger charge is 2.30. The average Bonchev–Trinajstić information content (AvgIpc) is 2.42. The summed E-state index contributed by atoms with van der Waals surface area (Å²) in [4.78, 5) is 11.7. The third-order valence-electron chi connectivity index (χ3n) is 1.37. The van der Waals surface area contributed by atoms with Gasteiger partial charge in [-0.15, -0.1) is 0 Å². The molecule has 0 aliphatic rings. The Morgan fingerprint density at radius 2 is 2.07 bits per heavy atom. The lowest BCUT2D eigenvalue weighted by molar-refractivity contribution is -0.137. The molecule has 6 heteroatoms. The van der Waals surface area contributed by atoms with E-state index in [1.165, 1.54) is 5.73 Å². The number of amides is 1. The molecule has 1 rings (SSSR count). The van der Waals surface area contributed by atoms with Crippen LogP contribution >= 0.6 is 0 Å².